The van der Waals surface area contributed by atoms with Crippen molar-refractivity contribution in [3.8, 4) is 5.75 Å². The van der Waals surface area contributed by atoms with Crippen molar-refractivity contribution in [3.05, 3.63) is 80.6 Å². The average molecular weight is 652 g/mol. The first-order valence-electron chi connectivity index (χ1n) is 14.9. The second-order valence-electron chi connectivity index (χ2n) is 13.2. The maximum absolute atomic E-state index is 14.0. The lowest BCUT2D eigenvalue weighted by Crippen LogP contribution is -2.65. The highest BCUT2D eigenvalue weighted by Gasteiger charge is 2.64. The molecule has 11 nitrogen and oxygen atoms in total. The summed E-state index contributed by atoms with van der Waals surface area (Å²) in [7, 11) is 4.85. The Hall–Kier alpha value is -4.03. The summed E-state index contributed by atoms with van der Waals surface area (Å²) in [6, 6.07) is 9.57. The van der Waals surface area contributed by atoms with Gasteiger partial charge in [-0.25, -0.2) is 0 Å². The first kappa shape index (κ1) is 33.3. The van der Waals surface area contributed by atoms with Gasteiger partial charge in [0, 0.05) is 29.5 Å². The molecule has 3 aliphatic carbocycles. The van der Waals surface area contributed by atoms with E-state index in [1.54, 1.807) is 20.9 Å². The number of benzene rings is 2. The summed E-state index contributed by atoms with van der Waals surface area (Å²) in [5, 5.41) is 45.6. The normalized spacial score (nSPS) is 24.7. The summed E-state index contributed by atoms with van der Waals surface area (Å²) in [6.45, 7) is 3.78. The van der Waals surface area contributed by atoms with Gasteiger partial charge < -0.3 is 26.2 Å². The van der Waals surface area contributed by atoms with Crippen LogP contribution >= 0.6 is 11.6 Å². The Morgan fingerprint density at radius 1 is 1.09 bits per heavy atom. The SMILES string of the molecule is CN(C)[C@@H]1C(=O)C(C(N)=O)=C(O)C2(O)C(=O)C3=C(O)c4c(O)cc(CN(C)C(C)(C)C(=O)Cc5ccccc5)c(Cl)c4C[C@H]3C[C@@H]12. The quantitative estimate of drug-likeness (QED) is 0.266. The Bertz CT molecular complexity index is 1730. The van der Waals surface area contributed by atoms with Crippen LogP contribution < -0.4 is 5.73 Å². The Labute approximate surface area is 271 Å². The van der Waals surface area contributed by atoms with Crippen LogP contribution in [0.1, 0.15) is 42.5 Å². The highest BCUT2D eigenvalue weighted by Crippen LogP contribution is 2.53. The summed E-state index contributed by atoms with van der Waals surface area (Å²) in [6.07, 6.45) is 0.247. The van der Waals surface area contributed by atoms with Crippen molar-refractivity contribution in [1.82, 2.24) is 9.80 Å². The van der Waals surface area contributed by atoms with Gasteiger partial charge in [0.2, 0.25) is 5.78 Å². The minimum Gasteiger partial charge on any atom is -0.508 e. The monoisotopic (exact) mass is 651 g/mol. The van der Waals surface area contributed by atoms with Crippen LogP contribution in [0.4, 0.5) is 0 Å². The minimum atomic E-state index is -2.72. The molecular weight excluding hydrogens is 614 g/mol. The molecular formula is C34H38ClN3O8. The molecule has 2 aromatic carbocycles. The fraction of sp³-hybridized carbons (Fsp3) is 0.412. The number of carbonyl (C=O) groups excluding carboxylic acids is 4. The van der Waals surface area contributed by atoms with Crippen LogP contribution in [0.5, 0.6) is 5.75 Å². The zero-order valence-corrected chi connectivity index (χ0v) is 27.1. The third-order valence-electron chi connectivity index (χ3n) is 9.98. The number of nitrogens with two attached hydrogens (primary N) is 1. The summed E-state index contributed by atoms with van der Waals surface area (Å²) >= 11 is 6.93. The van der Waals surface area contributed by atoms with E-state index in [0.29, 0.717) is 11.1 Å². The van der Waals surface area contributed by atoms with Gasteiger partial charge in [-0.05, 0) is 76.5 Å². The van der Waals surface area contributed by atoms with Crippen LogP contribution in [0.25, 0.3) is 5.76 Å². The number of amides is 1. The van der Waals surface area contributed by atoms with Gasteiger partial charge in [0.05, 0.1) is 17.1 Å². The van der Waals surface area contributed by atoms with Crippen molar-refractivity contribution in [2.75, 3.05) is 21.1 Å². The second-order valence-corrected chi connectivity index (χ2v) is 13.6. The molecule has 3 aliphatic rings. The summed E-state index contributed by atoms with van der Waals surface area (Å²) < 4.78 is 0. The lowest BCUT2D eigenvalue weighted by Gasteiger charge is -2.50. The van der Waals surface area contributed by atoms with Crippen molar-refractivity contribution in [2.24, 2.45) is 17.6 Å². The number of hydrogen-bond acceptors (Lipinski definition) is 10. The third-order valence-corrected chi connectivity index (χ3v) is 10.5. The molecule has 0 aromatic heterocycles. The highest BCUT2D eigenvalue weighted by molar-refractivity contribution is 6.32. The van der Waals surface area contributed by atoms with E-state index < -0.39 is 63.6 Å². The first-order valence-corrected chi connectivity index (χ1v) is 15.3. The number of primary amides is 1. The number of Topliss-reactive ketones (excluding diaryl/α,β-unsaturated/α-hetero) is 3. The summed E-state index contributed by atoms with van der Waals surface area (Å²) in [5.74, 6) is -7.31. The molecule has 0 bridgehead atoms. The number of halogens is 1. The highest BCUT2D eigenvalue weighted by atomic mass is 35.5. The van der Waals surface area contributed by atoms with E-state index in [1.165, 1.54) is 25.1 Å². The van der Waals surface area contributed by atoms with Crippen LogP contribution in [0.3, 0.4) is 0 Å². The average Bonchev–Trinajstić information content (AvgIpc) is 2.97. The van der Waals surface area contributed by atoms with Crippen LogP contribution in [0.15, 0.2) is 53.3 Å². The van der Waals surface area contributed by atoms with Gasteiger partial charge in [-0.1, -0.05) is 41.9 Å². The molecule has 4 atom stereocenters. The van der Waals surface area contributed by atoms with Gasteiger partial charge in [-0.15, -0.1) is 0 Å². The predicted molar refractivity (Wildman–Crippen MR) is 170 cm³/mol. The van der Waals surface area contributed by atoms with E-state index in [9.17, 15) is 39.6 Å². The van der Waals surface area contributed by atoms with Crippen molar-refractivity contribution in [3.63, 3.8) is 0 Å². The molecule has 244 valence electrons. The number of hydrogen-bond donors (Lipinski definition) is 5. The van der Waals surface area contributed by atoms with E-state index in [0.717, 1.165) is 5.56 Å². The number of aromatic hydroxyl groups is 1. The molecule has 1 saturated carbocycles. The smallest absolute Gasteiger partial charge is 0.255 e. The Morgan fingerprint density at radius 3 is 2.30 bits per heavy atom. The summed E-state index contributed by atoms with van der Waals surface area (Å²) in [4.78, 5) is 56.0. The number of carbonyl (C=O) groups is 4. The Balaban J connectivity index is 1.53. The molecule has 0 heterocycles. The molecule has 12 heteroatoms. The number of aliphatic hydroxyl groups is 3. The van der Waals surface area contributed by atoms with Gasteiger partial charge in [0.25, 0.3) is 5.91 Å². The number of aliphatic hydroxyl groups excluding tert-OH is 2. The largest absolute Gasteiger partial charge is 0.508 e. The second kappa shape index (κ2) is 11.6. The van der Waals surface area contributed by atoms with E-state index in [-0.39, 0.29) is 53.5 Å². The lowest BCUT2D eigenvalue weighted by molar-refractivity contribution is -0.153. The molecule has 0 radical (unpaired) electrons. The van der Waals surface area contributed by atoms with E-state index >= 15 is 0 Å². The number of phenols is 1. The lowest BCUT2D eigenvalue weighted by atomic mass is 9.57. The standard InChI is InChI=1S/C34H38ClN3O8/c1-33(2,22(40)11-16-9-7-6-8-10-16)38(5)15-18-14-21(39)24-19(26(18)35)12-17-13-20-27(37(3)4)29(42)25(32(36)45)31(44)34(20,46)30(43)23(17)28(24)41/h6-10,14,17,20,27,39,41,44,46H,11-13,15H2,1-5H3,(H2,36,45)/t17-,20-,27-,34?/m0/s1. The Morgan fingerprint density at radius 2 is 1.72 bits per heavy atom. The van der Waals surface area contributed by atoms with Crippen LogP contribution in [-0.2, 0) is 38.6 Å². The van der Waals surface area contributed by atoms with Gasteiger partial charge in [0.15, 0.2) is 17.2 Å². The van der Waals surface area contributed by atoms with Crippen LogP contribution in [-0.4, -0.2) is 91.8 Å². The number of phenolic OH excluding ortho intramolecular Hbond substituents is 1. The number of rotatable bonds is 8. The maximum Gasteiger partial charge on any atom is 0.255 e. The molecule has 5 rings (SSSR count). The molecule has 6 N–H and O–H groups in total. The fourth-order valence-corrected chi connectivity index (χ4v) is 7.41. The topological polar surface area (TPSA) is 182 Å². The molecule has 0 saturated heterocycles. The molecule has 1 unspecified atom stereocenters. The van der Waals surface area contributed by atoms with E-state index in [4.69, 9.17) is 17.3 Å². The van der Waals surface area contributed by atoms with E-state index in [1.807, 2.05) is 35.2 Å². The number of ketones is 3. The van der Waals surface area contributed by atoms with Crippen LogP contribution in [0.2, 0.25) is 5.02 Å². The van der Waals surface area contributed by atoms with Gasteiger partial charge in [-0.3, -0.25) is 29.0 Å². The molecule has 2 aromatic rings. The number of nitrogens with zero attached hydrogens (tertiary/aromatic N) is 2. The Kier molecular flexibility index (Phi) is 8.44. The number of likely N-dealkylation sites (N-methyl/N-ethyl adjacent to an activating group) is 2. The van der Waals surface area contributed by atoms with Crippen molar-refractivity contribution in [1.29, 1.82) is 0 Å². The zero-order valence-electron chi connectivity index (χ0n) is 26.3. The van der Waals surface area contributed by atoms with Gasteiger partial charge >= 0.3 is 0 Å². The summed E-state index contributed by atoms with van der Waals surface area (Å²) in [5.41, 5.74) is 2.27. The van der Waals surface area contributed by atoms with Gasteiger partial charge in [0.1, 0.15) is 22.8 Å². The predicted octanol–water partition coefficient (Wildman–Crippen LogP) is 2.64. The molecule has 0 spiro atoms. The molecule has 1 fully saturated rings. The van der Waals surface area contributed by atoms with Crippen molar-refractivity contribution in [2.45, 2.75) is 56.8 Å². The zero-order chi connectivity index (χ0) is 34.0. The van der Waals surface area contributed by atoms with Crippen molar-refractivity contribution >= 4 is 40.6 Å². The van der Waals surface area contributed by atoms with E-state index in [2.05, 4.69) is 0 Å². The molecule has 0 aliphatic heterocycles. The molecule has 46 heavy (non-hydrogen) atoms. The minimum absolute atomic E-state index is 0.0211. The van der Waals surface area contributed by atoms with Gasteiger partial charge in [-0.2, -0.15) is 0 Å². The van der Waals surface area contributed by atoms with Crippen molar-refractivity contribution < 1.29 is 39.6 Å². The maximum atomic E-state index is 14.0. The number of fused-ring (bicyclic) bond motifs is 3. The molecule has 1 amide bonds. The first-order chi connectivity index (χ1) is 21.4. The fourth-order valence-electron chi connectivity index (χ4n) is 7.13. The van der Waals surface area contributed by atoms with Crippen LogP contribution in [0, 0.1) is 11.8 Å². The third kappa shape index (κ3) is 5.02.